The number of esters is 1. The molecule has 0 aliphatic carbocycles. The summed E-state index contributed by atoms with van der Waals surface area (Å²) < 4.78 is 4.61. The maximum absolute atomic E-state index is 12.7. The Morgan fingerprint density at radius 2 is 1.78 bits per heavy atom. The highest BCUT2D eigenvalue weighted by molar-refractivity contribution is 6.46. The van der Waals surface area contributed by atoms with E-state index in [0.29, 0.717) is 5.69 Å². The van der Waals surface area contributed by atoms with Gasteiger partial charge in [-0.15, -0.1) is 0 Å². The lowest BCUT2D eigenvalue weighted by Gasteiger charge is -2.19. The van der Waals surface area contributed by atoms with Gasteiger partial charge in [-0.1, -0.05) is 18.2 Å². The second kappa shape index (κ2) is 5.31. The van der Waals surface area contributed by atoms with E-state index in [2.05, 4.69) is 9.84 Å². The highest BCUT2D eigenvalue weighted by Crippen LogP contribution is 2.35. The molecule has 2 aliphatic heterocycles. The molecule has 23 heavy (non-hydrogen) atoms. The Labute approximate surface area is 131 Å². The van der Waals surface area contributed by atoms with E-state index in [0.717, 1.165) is 17.0 Å². The molecule has 3 amide bonds. The van der Waals surface area contributed by atoms with E-state index in [1.807, 2.05) is 0 Å². The second-order valence-electron chi connectivity index (χ2n) is 5.11. The summed E-state index contributed by atoms with van der Waals surface area (Å²) in [7, 11) is 1.15. The van der Waals surface area contributed by atoms with Gasteiger partial charge >= 0.3 is 5.97 Å². The van der Waals surface area contributed by atoms with Gasteiger partial charge in [0.2, 0.25) is 11.8 Å². The molecule has 8 nitrogen and oxygen atoms in total. The number of methoxy groups -OCH3 is 1. The average molecular weight is 315 g/mol. The molecular weight excluding hydrogens is 302 g/mol. The molecule has 0 radical (unpaired) electrons. The third-order valence-corrected chi connectivity index (χ3v) is 3.78. The zero-order valence-corrected chi connectivity index (χ0v) is 12.4. The maximum Gasteiger partial charge on any atom is 0.355 e. The largest absolute Gasteiger partial charge is 0.464 e. The first-order valence-corrected chi connectivity index (χ1v) is 6.87. The van der Waals surface area contributed by atoms with E-state index < -0.39 is 35.7 Å². The highest BCUT2D eigenvalue weighted by Gasteiger charge is 2.59. The first-order chi connectivity index (χ1) is 11.0. The van der Waals surface area contributed by atoms with Gasteiger partial charge in [0.1, 0.15) is 5.92 Å². The van der Waals surface area contributed by atoms with Crippen molar-refractivity contribution in [2.45, 2.75) is 13.0 Å². The van der Waals surface area contributed by atoms with Crippen LogP contribution in [0.2, 0.25) is 0 Å². The molecule has 0 saturated carbocycles. The molecule has 1 fully saturated rings. The number of amides is 3. The number of ether oxygens (including phenoxy) is 1. The lowest BCUT2D eigenvalue weighted by Crippen LogP contribution is -2.41. The van der Waals surface area contributed by atoms with Gasteiger partial charge in [-0.05, 0) is 12.1 Å². The Bertz CT molecular complexity index is 743. The minimum atomic E-state index is -1.14. The number of hydrazone groups is 1. The summed E-state index contributed by atoms with van der Waals surface area (Å²) in [5, 5.41) is 4.70. The molecule has 0 N–H and O–H groups in total. The van der Waals surface area contributed by atoms with Crippen molar-refractivity contribution in [3.8, 4) is 0 Å². The number of benzene rings is 1. The van der Waals surface area contributed by atoms with E-state index in [-0.39, 0.29) is 5.71 Å². The molecule has 8 heteroatoms. The summed E-state index contributed by atoms with van der Waals surface area (Å²) >= 11 is 0. The second-order valence-corrected chi connectivity index (χ2v) is 5.11. The topological polar surface area (TPSA) is 96.3 Å². The predicted molar refractivity (Wildman–Crippen MR) is 78.2 cm³/mol. The SMILES string of the molecule is COC(=O)C1=NN(C(C)=O)[C@H]2C(=O)N(c3ccccc3)C(=O)[C@H]12. The fourth-order valence-electron chi connectivity index (χ4n) is 2.78. The van der Waals surface area contributed by atoms with Crippen molar-refractivity contribution >= 4 is 35.1 Å². The number of imide groups is 1. The molecule has 1 aromatic carbocycles. The lowest BCUT2D eigenvalue weighted by molar-refractivity contribution is -0.136. The number of hydrogen-bond donors (Lipinski definition) is 0. The molecule has 1 aromatic rings. The van der Waals surface area contributed by atoms with E-state index in [9.17, 15) is 19.2 Å². The molecule has 118 valence electrons. The average Bonchev–Trinajstić information content (AvgIpc) is 3.05. The molecule has 0 aromatic heterocycles. The van der Waals surface area contributed by atoms with Gasteiger partial charge in [-0.2, -0.15) is 5.10 Å². The minimum absolute atomic E-state index is 0.232. The van der Waals surface area contributed by atoms with Gasteiger partial charge in [-0.3, -0.25) is 14.4 Å². The van der Waals surface area contributed by atoms with Crippen molar-refractivity contribution in [1.29, 1.82) is 0 Å². The first kappa shape index (κ1) is 14.9. The molecule has 0 unspecified atom stereocenters. The first-order valence-electron chi connectivity index (χ1n) is 6.87. The van der Waals surface area contributed by atoms with Gasteiger partial charge in [0, 0.05) is 6.92 Å². The standard InChI is InChI=1S/C15H13N3O5/c1-8(19)18-12-10(11(16-18)15(22)23-2)13(20)17(14(12)21)9-6-4-3-5-7-9/h3-7,10,12H,1-2H3/t10-,12-/m1/s1. The Morgan fingerprint density at radius 3 is 2.35 bits per heavy atom. The summed E-state index contributed by atoms with van der Waals surface area (Å²) in [5.74, 6) is -3.70. The van der Waals surface area contributed by atoms with E-state index in [1.54, 1.807) is 30.3 Å². The molecule has 2 heterocycles. The molecule has 0 bridgehead atoms. The molecule has 1 saturated heterocycles. The normalized spacial score (nSPS) is 23.0. The lowest BCUT2D eigenvalue weighted by atomic mass is 9.98. The third kappa shape index (κ3) is 2.10. The number of fused-ring (bicyclic) bond motifs is 1. The molecule has 2 aliphatic rings. The van der Waals surface area contributed by atoms with Crippen molar-refractivity contribution in [2.24, 2.45) is 11.0 Å². The van der Waals surface area contributed by atoms with Crippen LogP contribution in [0.25, 0.3) is 0 Å². The van der Waals surface area contributed by atoms with Crippen LogP contribution in [0.4, 0.5) is 5.69 Å². The summed E-state index contributed by atoms with van der Waals surface area (Å²) in [6.45, 7) is 1.21. The Kier molecular flexibility index (Phi) is 3.44. The van der Waals surface area contributed by atoms with Crippen LogP contribution in [0, 0.1) is 5.92 Å². The Morgan fingerprint density at radius 1 is 1.13 bits per heavy atom. The number of carbonyl (C=O) groups is 4. The van der Waals surface area contributed by atoms with E-state index in [4.69, 9.17) is 0 Å². The van der Waals surface area contributed by atoms with Crippen LogP contribution in [-0.4, -0.2) is 47.6 Å². The fraction of sp³-hybridized carbons (Fsp3) is 0.267. The van der Waals surface area contributed by atoms with Gasteiger partial charge in [-0.25, -0.2) is 14.7 Å². The van der Waals surface area contributed by atoms with Gasteiger partial charge in [0.15, 0.2) is 11.8 Å². The summed E-state index contributed by atoms with van der Waals surface area (Å²) in [6, 6.07) is 7.17. The molecular formula is C15H13N3O5. The van der Waals surface area contributed by atoms with Crippen LogP contribution in [0.3, 0.4) is 0 Å². The van der Waals surface area contributed by atoms with E-state index >= 15 is 0 Å². The number of hydrogen-bond acceptors (Lipinski definition) is 6. The highest BCUT2D eigenvalue weighted by atomic mass is 16.5. The van der Waals surface area contributed by atoms with E-state index in [1.165, 1.54) is 6.92 Å². The predicted octanol–water partition coefficient (Wildman–Crippen LogP) is -0.0643. The molecule has 3 rings (SSSR count). The van der Waals surface area contributed by atoms with Crippen molar-refractivity contribution in [3.05, 3.63) is 30.3 Å². The van der Waals surface area contributed by atoms with Crippen LogP contribution in [-0.2, 0) is 23.9 Å². The van der Waals surface area contributed by atoms with Gasteiger partial charge in [0.05, 0.1) is 12.8 Å². The van der Waals surface area contributed by atoms with Gasteiger partial charge < -0.3 is 4.74 Å². The Balaban J connectivity index is 2.07. The van der Waals surface area contributed by atoms with Crippen molar-refractivity contribution in [3.63, 3.8) is 0 Å². The van der Waals surface area contributed by atoms with Crippen LogP contribution in [0.1, 0.15) is 6.92 Å². The number of para-hydroxylation sites is 1. The molecule has 0 spiro atoms. The maximum atomic E-state index is 12.7. The van der Waals surface area contributed by atoms with Crippen LogP contribution < -0.4 is 4.90 Å². The minimum Gasteiger partial charge on any atom is -0.464 e. The van der Waals surface area contributed by atoms with Crippen molar-refractivity contribution in [2.75, 3.05) is 12.0 Å². The summed E-state index contributed by atoms with van der Waals surface area (Å²) in [4.78, 5) is 49.9. The summed E-state index contributed by atoms with van der Waals surface area (Å²) in [6.07, 6.45) is 0. The smallest absolute Gasteiger partial charge is 0.355 e. The zero-order valence-electron chi connectivity index (χ0n) is 12.4. The van der Waals surface area contributed by atoms with Gasteiger partial charge in [0.25, 0.3) is 5.91 Å². The number of rotatable bonds is 2. The number of anilines is 1. The van der Waals surface area contributed by atoms with Crippen LogP contribution in [0.5, 0.6) is 0 Å². The third-order valence-electron chi connectivity index (χ3n) is 3.78. The van der Waals surface area contributed by atoms with Crippen LogP contribution >= 0.6 is 0 Å². The quantitative estimate of drug-likeness (QED) is 0.562. The monoisotopic (exact) mass is 315 g/mol. The molecule has 2 atom stereocenters. The van der Waals surface area contributed by atoms with Crippen LogP contribution in [0.15, 0.2) is 35.4 Å². The zero-order chi connectivity index (χ0) is 16.7. The summed E-state index contributed by atoms with van der Waals surface area (Å²) in [5.41, 5.74) is 0.147. The van der Waals surface area contributed by atoms with Crippen molar-refractivity contribution in [1.82, 2.24) is 5.01 Å². The fourth-order valence-corrected chi connectivity index (χ4v) is 2.78. The Hall–Kier alpha value is -3.03. The number of carbonyl (C=O) groups excluding carboxylic acids is 4. The van der Waals surface area contributed by atoms with Crippen molar-refractivity contribution < 1.29 is 23.9 Å². The number of nitrogens with zero attached hydrogens (tertiary/aromatic N) is 3.